The van der Waals surface area contributed by atoms with Gasteiger partial charge < -0.3 is 10.4 Å². The molecular weight excluding hydrogens is 176 g/mol. The van der Waals surface area contributed by atoms with Gasteiger partial charge in [0, 0.05) is 25.2 Å². The number of aliphatic hydroxyl groups is 1. The Kier molecular flexibility index (Phi) is 5.45. The van der Waals surface area contributed by atoms with E-state index in [4.69, 9.17) is 5.11 Å². The van der Waals surface area contributed by atoms with Gasteiger partial charge in [0.05, 0.1) is 0 Å². The Morgan fingerprint density at radius 1 is 1.50 bits per heavy atom. The van der Waals surface area contributed by atoms with E-state index in [-0.39, 0.29) is 0 Å². The molecule has 1 fully saturated rings. The molecular formula is C11H24N2O. The highest BCUT2D eigenvalue weighted by Crippen LogP contribution is 2.10. The average Bonchev–Trinajstić information content (AvgIpc) is 2.31. The van der Waals surface area contributed by atoms with Gasteiger partial charge >= 0.3 is 0 Å². The predicted molar refractivity (Wildman–Crippen MR) is 59.4 cm³/mol. The van der Waals surface area contributed by atoms with Crippen LogP contribution in [0.25, 0.3) is 0 Å². The highest BCUT2D eigenvalue weighted by Gasteiger charge is 2.21. The van der Waals surface area contributed by atoms with Crippen LogP contribution in [0.1, 0.15) is 33.1 Å². The summed E-state index contributed by atoms with van der Waals surface area (Å²) in [6, 6.07) is 1.17. The van der Waals surface area contributed by atoms with E-state index in [0.29, 0.717) is 18.7 Å². The Morgan fingerprint density at radius 2 is 2.29 bits per heavy atom. The van der Waals surface area contributed by atoms with Gasteiger partial charge in [-0.15, -0.1) is 0 Å². The zero-order valence-corrected chi connectivity index (χ0v) is 9.50. The molecule has 3 heteroatoms. The average molecular weight is 200 g/mol. The molecule has 0 aromatic carbocycles. The van der Waals surface area contributed by atoms with Gasteiger partial charge in [-0.2, -0.15) is 0 Å². The van der Waals surface area contributed by atoms with Crippen molar-refractivity contribution >= 4 is 0 Å². The summed E-state index contributed by atoms with van der Waals surface area (Å²) in [4.78, 5) is 2.54. The van der Waals surface area contributed by atoms with Crippen molar-refractivity contribution < 1.29 is 5.11 Å². The van der Waals surface area contributed by atoms with E-state index in [1.54, 1.807) is 0 Å². The van der Waals surface area contributed by atoms with E-state index in [9.17, 15) is 0 Å². The van der Waals surface area contributed by atoms with Gasteiger partial charge in [-0.05, 0) is 39.3 Å². The molecule has 0 aromatic rings. The van der Waals surface area contributed by atoms with Crippen molar-refractivity contribution in [1.29, 1.82) is 0 Å². The largest absolute Gasteiger partial charge is 0.396 e. The third kappa shape index (κ3) is 3.56. The third-order valence-corrected chi connectivity index (χ3v) is 3.06. The topological polar surface area (TPSA) is 35.5 Å². The maximum atomic E-state index is 8.93. The lowest BCUT2D eigenvalue weighted by molar-refractivity contribution is 0.189. The fraction of sp³-hybridized carbons (Fsp3) is 1.00. The molecule has 0 saturated carbocycles. The van der Waals surface area contributed by atoms with Crippen molar-refractivity contribution in [1.82, 2.24) is 10.2 Å². The van der Waals surface area contributed by atoms with Crippen molar-refractivity contribution in [3.05, 3.63) is 0 Å². The lowest BCUT2D eigenvalue weighted by Gasteiger charge is -2.28. The number of nitrogens with zero attached hydrogens (tertiary/aromatic N) is 1. The highest BCUT2D eigenvalue weighted by atomic mass is 16.3. The van der Waals surface area contributed by atoms with Crippen LogP contribution < -0.4 is 5.32 Å². The smallest absolute Gasteiger partial charge is 0.0446 e. The number of hydrogen-bond donors (Lipinski definition) is 2. The van der Waals surface area contributed by atoms with Crippen LogP contribution >= 0.6 is 0 Å². The molecule has 0 bridgehead atoms. The van der Waals surface area contributed by atoms with Crippen LogP contribution in [0.4, 0.5) is 0 Å². The molecule has 0 amide bonds. The quantitative estimate of drug-likeness (QED) is 0.705. The van der Waals surface area contributed by atoms with Crippen LogP contribution in [0.2, 0.25) is 0 Å². The molecule has 1 aliphatic rings. The molecule has 2 N–H and O–H groups in total. The second-order valence-electron chi connectivity index (χ2n) is 4.30. The zero-order valence-electron chi connectivity index (χ0n) is 9.50. The van der Waals surface area contributed by atoms with E-state index in [0.717, 1.165) is 19.5 Å². The Hall–Kier alpha value is -0.120. The second kappa shape index (κ2) is 6.38. The highest BCUT2D eigenvalue weighted by molar-refractivity contribution is 4.80. The van der Waals surface area contributed by atoms with E-state index in [1.807, 2.05) is 0 Å². The first-order valence-electron chi connectivity index (χ1n) is 5.86. The minimum atomic E-state index is 0.298. The van der Waals surface area contributed by atoms with Gasteiger partial charge in [-0.1, -0.05) is 6.92 Å². The Bertz CT molecular complexity index is 152. The third-order valence-electron chi connectivity index (χ3n) is 3.06. The molecule has 3 nitrogen and oxygen atoms in total. The molecule has 1 rings (SSSR count). The first-order chi connectivity index (χ1) is 6.77. The molecule has 1 saturated heterocycles. The van der Waals surface area contributed by atoms with Gasteiger partial charge in [0.2, 0.25) is 0 Å². The predicted octanol–water partition coefficient (Wildman–Crippen LogP) is 0.831. The lowest BCUT2D eigenvalue weighted by Crippen LogP contribution is -2.40. The van der Waals surface area contributed by atoms with Gasteiger partial charge in [-0.3, -0.25) is 4.90 Å². The summed E-state index contributed by atoms with van der Waals surface area (Å²) in [5, 5.41) is 12.4. The van der Waals surface area contributed by atoms with E-state index < -0.39 is 0 Å². The Morgan fingerprint density at radius 3 is 2.93 bits per heavy atom. The summed E-state index contributed by atoms with van der Waals surface area (Å²) in [6.07, 6.45) is 3.32. The lowest BCUT2D eigenvalue weighted by atomic mass is 10.2. The Labute approximate surface area is 87.5 Å². The molecule has 0 aliphatic carbocycles. The fourth-order valence-electron chi connectivity index (χ4n) is 2.15. The monoisotopic (exact) mass is 200 g/mol. The van der Waals surface area contributed by atoms with Crippen molar-refractivity contribution in [2.75, 3.05) is 26.2 Å². The SMILES string of the molecule is CCCN1CC(CCO)NCCC1C. The molecule has 0 aromatic heterocycles. The van der Waals surface area contributed by atoms with Gasteiger partial charge in [0.25, 0.3) is 0 Å². The number of aliphatic hydroxyl groups excluding tert-OH is 1. The van der Waals surface area contributed by atoms with Crippen LogP contribution in [0.5, 0.6) is 0 Å². The maximum Gasteiger partial charge on any atom is 0.0446 e. The summed E-state index contributed by atoms with van der Waals surface area (Å²) in [7, 11) is 0. The summed E-state index contributed by atoms with van der Waals surface area (Å²) in [6.45, 7) is 8.20. The molecule has 2 unspecified atom stereocenters. The first-order valence-corrected chi connectivity index (χ1v) is 5.86. The normalized spacial score (nSPS) is 30.2. The van der Waals surface area contributed by atoms with Crippen LogP contribution in [-0.2, 0) is 0 Å². The molecule has 14 heavy (non-hydrogen) atoms. The van der Waals surface area contributed by atoms with Crippen molar-refractivity contribution in [3.8, 4) is 0 Å². The minimum Gasteiger partial charge on any atom is -0.396 e. The summed E-state index contributed by atoms with van der Waals surface area (Å²) < 4.78 is 0. The molecule has 1 aliphatic heterocycles. The van der Waals surface area contributed by atoms with Crippen LogP contribution in [-0.4, -0.2) is 48.3 Å². The maximum absolute atomic E-state index is 8.93. The number of hydrogen-bond acceptors (Lipinski definition) is 3. The van der Waals surface area contributed by atoms with Crippen molar-refractivity contribution in [3.63, 3.8) is 0 Å². The second-order valence-corrected chi connectivity index (χ2v) is 4.30. The van der Waals surface area contributed by atoms with E-state index in [1.165, 1.54) is 19.4 Å². The van der Waals surface area contributed by atoms with Crippen molar-refractivity contribution in [2.24, 2.45) is 0 Å². The fourth-order valence-corrected chi connectivity index (χ4v) is 2.15. The number of rotatable bonds is 4. The Balaban J connectivity index is 2.44. The summed E-state index contributed by atoms with van der Waals surface area (Å²) >= 11 is 0. The van der Waals surface area contributed by atoms with Crippen LogP contribution in [0, 0.1) is 0 Å². The molecule has 0 radical (unpaired) electrons. The standard InChI is InChI=1S/C11H24N2O/c1-3-7-13-9-11(5-8-14)12-6-4-10(13)2/h10-12,14H,3-9H2,1-2H3. The summed E-state index contributed by atoms with van der Waals surface area (Å²) in [5.74, 6) is 0. The van der Waals surface area contributed by atoms with Gasteiger partial charge in [0.15, 0.2) is 0 Å². The zero-order chi connectivity index (χ0) is 10.4. The number of nitrogens with one attached hydrogen (secondary N) is 1. The van der Waals surface area contributed by atoms with Gasteiger partial charge in [0.1, 0.15) is 0 Å². The van der Waals surface area contributed by atoms with Crippen LogP contribution in [0.3, 0.4) is 0 Å². The molecule has 1 heterocycles. The van der Waals surface area contributed by atoms with E-state index in [2.05, 4.69) is 24.1 Å². The molecule has 0 spiro atoms. The van der Waals surface area contributed by atoms with Crippen LogP contribution in [0.15, 0.2) is 0 Å². The minimum absolute atomic E-state index is 0.298. The van der Waals surface area contributed by atoms with Gasteiger partial charge in [-0.25, -0.2) is 0 Å². The molecule has 2 atom stereocenters. The summed E-state index contributed by atoms with van der Waals surface area (Å²) in [5.41, 5.74) is 0. The van der Waals surface area contributed by atoms with Crippen molar-refractivity contribution in [2.45, 2.75) is 45.2 Å². The molecule has 84 valence electrons. The van der Waals surface area contributed by atoms with E-state index >= 15 is 0 Å². The first kappa shape index (κ1) is 12.0.